The Morgan fingerprint density at radius 1 is 1.08 bits per heavy atom. The fourth-order valence-corrected chi connectivity index (χ4v) is 3.25. The summed E-state index contributed by atoms with van der Waals surface area (Å²) in [5, 5.41) is 0.730. The molecule has 1 heterocycles. The molecule has 0 bridgehead atoms. The summed E-state index contributed by atoms with van der Waals surface area (Å²) in [5.74, 6) is -0.239. The van der Waals surface area contributed by atoms with Crippen molar-refractivity contribution in [2.24, 2.45) is 0 Å². The topological polar surface area (TPSA) is 40.6 Å². The van der Waals surface area contributed by atoms with Crippen LogP contribution < -0.4 is 4.90 Å². The third-order valence-corrected chi connectivity index (χ3v) is 4.28. The van der Waals surface area contributed by atoms with Crippen LogP contribution >= 0.6 is 23.2 Å². The van der Waals surface area contributed by atoms with E-state index < -0.39 is 0 Å². The highest BCUT2D eigenvalue weighted by atomic mass is 35.5. The smallest absolute Gasteiger partial charge is 0.265 e. The number of para-hydroxylation sites is 1. The first-order valence-electron chi connectivity index (χ1n) is 7.20. The Labute approximate surface area is 149 Å². The number of hydrogen-bond donors (Lipinski definition) is 0. The van der Waals surface area contributed by atoms with Crippen LogP contribution in [0.2, 0.25) is 10.0 Å². The molecule has 0 saturated heterocycles. The fraction of sp³-hybridized carbons (Fsp3) is 0.111. The monoisotopic (exact) mass is 360 g/mol. The lowest BCUT2D eigenvalue weighted by molar-refractivity contribution is -0.112. The highest BCUT2D eigenvalue weighted by molar-refractivity contribution is 6.43. The normalized spacial score (nSPS) is 14.9. The zero-order chi connectivity index (χ0) is 17.4. The zero-order valence-corrected chi connectivity index (χ0v) is 14.6. The highest BCUT2D eigenvalue weighted by Gasteiger charge is 2.36. The van der Waals surface area contributed by atoms with Crippen molar-refractivity contribution in [3.05, 3.63) is 63.8 Å². The van der Waals surface area contributed by atoms with Gasteiger partial charge >= 0.3 is 0 Å². The molecule has 0 aromatic heterocycles. The van der Waals surface area contributed by atoms with Crippen LogP contribution in [0.15, 0.2) is 42.6 Å². The predicted molar refractivity (Wildman–Crippen MR) is 97.1 cm³/mol. The average Bonchev–Trinajstić information content (AvgIpc) is 2.79. The SMILES string of the molecule is CN(C)/C=C1/C(=O)N(c2c(Cl)cccc2Cl)c2cc(C=O)ccc21. The van der Waals surface area contributed by atoms with E-state index in [9.17, 15) is 9.59 Å². The maximum atomic E-state index is 13.0. The molecule has 0 unspecified atom stereocenters. The Bertz CT molecular complexity index is 855. The zero-order valence-electron chi connectivity index (χ0n) is 13.1. The van der Waals surface area contributed by atoms with Gasteiger partial charge in [-0.05, 0) is 18.2 Å². The molecule has 122 valence electrons. The Balaban J connectivity index is 2.29. The minimum atomic E-state index is -0.239. The molecule has 1 aliphatic heterocycles. The van der Waals surface area contributed by atoms with Gasteiger partial charge in [0, 0.05) is 31.4 Å². The maximum absolute atomic E-state index is 13.0. The molecule has 0 radical (unpaired) electrons. The predicted octanol–water partition coefficient (Wildman–Crippen LogP) is 4.39. The van der Waals surface area contributed by atoms with Crippen molar-refractivity contribution in [1.82, 2.24) is 4.90 Å². The minimum Gasteiger partial charge on any atom is -0.383 e. The molecule has 4 nitrogen and oxygen atoms in total. The summed E-state index contributed by atoms with van der Waals surface area (Å²) in [4.78, 5) is 27.4. The molecule has 0 saturated carbocycles. The van der Waals surface area contributed by atoms with Gasteiger partial charge in [-0.1, -0.05) is 41.4 Å². The van der Waals surface area contributed by atoms with Crippen molar-refractivity contribution in [2.75, 3.05) is 19.0 Å². The second-order valence-electron chi connectivity index (χ2n) is 5.61. The highest BCUT2D eigenvalue weighted by Crippen LogP contribution is 2.46. The molecular formula is C18H14Cl2N2O2. The average molecular weight is 361 g/mol. The second kappa shape index (κ2) is 6.30. The summed E-state index contributed by atoms with van der Waals surface area (Å²) in [6.07, 6.45) is 2.48. The van der Waals surface area contributed by atoms with Gasteiger partial charge in [0.25, 0.3) is 5.91 Å². The first kappa shape index (κ1) is 16.6. The fourth-order valence-electron chi connectivity index (χ4n) is 2.69. The molecule has 0 N–H and O–H groups in total. The molecule has 1 aliphatic rings. The van der Waals surface area contributed by atoms with E-state index in [-0.39, 0.29) is 5.91 Å². The van der Waals surface area contributed by atoms with E-state index >= 15 is 0 Å². The van der Waals surface area contributed by atoms with Crippen LogP contribution in [0, 0.1) is 0 Å². The van der Waals surface area contributed by atoms with Gasteiger partial charge < -0.3 is 4.90 Å². The Morgan fingerprint density at radius 3 is 2.33 bits per heavy atom. The van der Waals surface area contributed by atoms with Gasteiger partial charge in [-0.3, -0.25) is 14.5 Å². The van der Waals surface area contributed by atoms with Crippen LogP contribution in [-0.4, -0.2) is 31.2 Å². The molecule has 0 spiro atoms. The van der Waals surface area contributed by atoms with E-state index in [1.54, 1.807) is 47.5 Å². The van der Waals surface area contributed by atoms with E-state index in [1.165, 1.54) is 4.90 Å². The van der Waals surface area contributed by atoms with Gasteiger partial charge in [0.15, 0.2) is 0 Å². The van der Waals surface area contributed by atoms with Crippen molar-refractivity contribution >= 4 is 52.3 Å². The molecule has 3 rings (SSSR count). The number of carbonyl (C=O) groups excluding carboxylic acids is 2. The van der Waals surface area contributed by atoms with Gasteiger partial charge in [0.2, 0.25) is 0 Å². The number of hydrogen-bond acceptors (Lipinski definition) is 3. The molecule has 2 aromatic carbocycles. The molecular weight excluding hydrogens is 347 g/mol. The number of aldehydes is 1. The number of amides is 1. The van der Waals surface area contributed by atoms with Crippen molar-refractivity contribution in [3.63, 3.8) is 0 Å². The lowest BCUT2D eigenvalue weighted by atomic mass is 10.1. The Hall–Kier alpha value is -2.30. The van der Waals surface area contributed by atoms with Crippen LogP contribution in [0.3, 0.4) is 0 Å². The summed E-state index contributed by atoms with van der Waals surface area (Å²) < 4.78 is 0. The van der Waals surface area contributed by atoms with Crippen molar-refractivity contribution < 1.29 is 9.59 Å². The number of rotatable bonds is 3. The molecule has 0 aliphatic carbocycles. The standard InChI is InChI=1S/C18H14Cl2N2O2/c1-21(2)9-13-12-7-6-11(10-23)8-16(12)22(18(13)24)17-14(19)4-3-5-15(17)20/h3-10H,1-2H3/b13-9+. The third kappa shape index (κ3) is 2.68. The van der Waals surface area contributed by atoms with Crippen LogP contribution in [-0.2, 0) is 4.79 Å². The number of benzene rings is 2. The van der Waals surface area contributed by atoms with Crippen LogP contribution in [0.4, 0.5) is 11.4 Å². The lowest BCUT2D eigenvalue weighted by Crippen LogP contribution is -2.22. The molecule has 24 heavy (non-hydrogen) atoms. The van der Waals surface area contributed by atoms with Crippen molar-refractivity contribution in [2.45, 2.75) is 0 Å². The number of nitrogens with zero attached hydrogens (tertiary/aromatic N) is 2. The number of anilines is 2. The Morgan fingerprint density at radius 2 is 1.75 bits per heavy atom. The van der Waals surface area contributed by atoms with E-state index in [2.05, 4.69) is 0 Å². The second-order valence-corrected chi connectivity index (χ2v) is 6.43. The van der Waals surface area contributed by atoms with Crippen molar-refractivity contribution in [1.29, 1.82) is 0 Å². The molecule has 0 atom stereocenters. The number of halogens is 2. The van der Waals surface area contributed by atoms with Gasteiger partial charge in [0.1, 0.15) is 6.29 Å². The van der Waals surface area contributed by atoms with Crippen LogP contribution in [0.1, 0.15) is 15.9 Å². The molecule has 6 heteroatoms. The quantitative estimate of drug-likeness (QED) is 0.602. The van der Waals surface area contributed by atoms with Gasteiger partial charge in [-0.25, -0.2) is 0 Å². The van der Waals surface area contributed by atoms with Gasteiger partial charge in [-0.15, -0.1) is 0 Å². The first-order chi connectivity index (χ1) is 11.4. The van der Waals surface area contributed by atoms with E-state index in [0.717, 1.165) is 11.8 Å². The van der Waals surface area contributed by atoms with Crippen molar-refractivity contribution in [3.8, 4) is 0 Å². The minimum absolute atomic E-state index is 0.239. The number of carbonyl (C=O) groups is 2. The maximum Gasteiger partial charge on any atom is 0.265 e. The first-order valence-corrected chi connectivity index (χ1v) is 7.96. The third-order valence-electron chi connectivity index (χ3n) is 3.67. The summed E-state index contributed by atoms with van der Waals surface area (Å²) in [6.45, 7) is 0. The molecule has 1 amide bonds. The largest absolute Gasteiger partial charge is 0.383 e. The van der Waals surface area contributed by atoms with Crippen LogP contribution in [0.5, 0.6) is 0 Å². The summed E-state index contributed by atoms with van der Waals surface area (Å²) in [6, 6.07) is 10.2. The lowest BCUT2D eigenvalue weighted by Gasteiger charge is -2.20. The van der Waals surface area contributed by atoms with E-state index in [4.69, 9.17) is 23.2 Å². The Kier molecular flexibility index (Phi) is 4.35. The summed E-state index contributed by atoms with van der Waals surface area (Å²) in [7, 11) is 3.68. The van der Waals surface area contributed by atoms with E-state index in [0.29, 0.717) is 32.6 Å². The molecule has 2 aromatic rings. The van der Waals surface area contributed by atoms with Gasteiger partial charge in [-0.2, -0.15) is 0 Å². The summed E-state index contributed by atoms with van der Waals surface area (Å²) in [5.41, 5.74) is 2.73. The number of fused-ring (bicyclic) bond motifs is 1. The van der Waals surface area contributed by atoms with Crippen LogP contribution in [0.25, 0.3) is 5.57 Å². The van der Waals surface area contributed by atoms with E-state index in [1.807, 2.05) is 14.1 Å². The summed E-state index contributed by atoms with van der Waals surface area (Å²) >= 11 is 12.6. The molecule has 0 fully saturated rings. The van der Waals surface area contributed by atoms with Gasteiger partial charge in [0.05, 0.1) is 27.0 Å².